The van der Waals surface area contributed by atoms with E-state index < -0.39 is 5.82 Å². The van der Waals surface area contributed by atoms with E-state index in [1.165, 1.54) is 30.0 Å². The third-order valence-electron chi connectivity index (χ3n) is 4.35. The molecule has 0 spiro atoms. The normalized spacial score (nSPS) is 10.8. The number of thioether (sulfide) groups is 1. The number of hydrogen-bond acceptors (Lipinski definition) is 5. The molecule has 0 aliphatic heterocycles. The van der Waals surface area contributed by atoms with Crippen LogP contribution in [-0.4, -0.2) is 26.4 Å². The highest BCUT2D eigenvalue weighted by atomic mass is 35.5. The minimum Gasteiger partial charge on any atom is -0.484 e. The Hall–Kier alpha value is -2.58. The summed E-state index contributed by atoms with van der Waals surface area (Å²) in [6.07, 6.45) is 0. The van der Waals surface area contributed by atoms with Crippen molar-refractivity contribution in [3.63, 3.8) is 0 Å². The molecule has 0 saturated heterocycles. The molecule has 3 rings (SSSR count). The van der Waals surface area contributed by atoms with E-state index in [2.05, 4.69) is 15.5 Å². The standard InChI is InChI=1S/C21H22ClFN4O2S/c1-4-27-19(11-29-18-8-6-15(23)10-16(18)22)25-26-21(27)30-12-20(28)24-17-7-5-13(2)9-14(17)3/h5-10H,4,11-12H2,1-3H3,(H,24,28). The van der Waals surface area contributed by atoms with Gasteiger partial charge in [0.15, 0.2) is 11.0 Å². The zero-order chi connectivity index (χ0) is 21.7. The van der Waals surface area contributed by atoms with E-state index in [-0.39, 0.29) is 23.3 Å². The Morgan fingerprint density at radius 3 is 2.73 bits per heavy atom. The number of rotatable bonds is 8. The van der Waals surface area contributed by atoms with Crippen LogP contribution >= 0.6 is 23.4 Å². The molecule has 0 bridgehead atoms. The van der Waals surface area contributed by atoms with Gasteiger partial charge >= 0.3 is 0 Å². The molecular weight excluding hydrogens is 427 g/mol. The smallest absolute Gasteiger partial charge is 0.234 e. The van der Waals surface area contributed by atoms with Crippen LogP contribution in [-0.2, 0) is 17.9 Å². The molecule has 0 fully saturated rings. The summed E-state index contributed by atoms with van der Waals surface area (Å²) in [7, 11) is 0. The first-order valence-corrected chi connectivity index (χ1v) is 10.7. The number of aryl methyl sites for hydroxylation is 2. The Morgan fingerprint density at radius 2 is 2.03 bits per heavy atom. The topological polar surface area (TPSA) is 69.0 Å². The second-order valence-corrected chi connectivity index (χ2v) is 8.01. The summed E-state index contributed by atoms with van der Waals surface area (Å²) in [5.74, 6) is 0.618. The van der Waals surface area contributed by atoms with Gasteiger partial charge in [0.2, 0.25) is 5.91 Å². The molecule has 2 aromatic carbocycles. The molecule has 1 N–H and O–H groups in total. The number of hydrogen-bond donors (Lipinski definition) is 1. The molecule has 30 heavy (non-hydrogen) atoms. The van der Waals surface area contributed by atoms with Gasteiger partial charge in [-0.3, -0.25) is 4.79 Å². The van der Waals surface area contributed by atoms with Gasteiger partial charge in [-0.15, -0.1) is 10.2 Å². The predicted octanol–water partition coefficient (Wildman–Crippen LogP) is 5.02. The van der Waals surface area contributed by atoms with Crippen LogP contribution in [0.3, 0.4) is 0 Å². The van der Waals surface area contributed by atoms with Crippen LogP contribution in [0.15, 0.2) is 41.6 Å². The largest absolute Gasteiger partial charge is 0.484 e. The highest BCUT2D eigenvalue weighted by Gasteiger charge is 2.15. The lowest BCUT2D eigenvalue weighted by atomic mass is 10.1. The van der Waals surface area contributed by atoms with Crippen molar-refractivity contribution in [2.24, 2.45) is 0 Å². The van der Waals surface area contributed by atoms with Gasteiger partial charge in [-0.2, -0.15) is 0 Å². The van der Waals surface area contributed by atoms with Crippen molar-refractivity contribution in [2.45, 2.75) is 39.1 Å². The van der Waals surface area contributed by atoms with Crippen molar-refractivity contribution >= 4 is 35.0 Å². The number of halogens is 2. The number of benzene rings is 2. The van der Waals surface area contributed by atoms with Crippen molar-refractivity contribution < 1.29 is 13.9 Å². The lowest BCUT2D eigenvalue weighted by Crippen LogP contribution is -2.15. The van der Waals surface area contributed by atoms with Crippen molar-refractivity contribution in [3.8, 4) is 5.75 Å². The third kappa shape index (κ3) is 5.52. The number of amides is 1. The highest BCUT2D eigenvalue weighted by molar-refractivity contribution is 7.99. The molecule has 0 unspecified atom stereocenters. The van der Waals surface area contributed by atoms with Crippen LogP contribution in [0.2, 0.25) is 5.02 Å². The number of aromatic nitrogens is 3. The predicted molar refractivity (Wildman–Crippen MR) is 117 cm³/mol. The summed E-state index contributed by atoms with van der Waals surface area (Å²) < 4.78 is 20.7. The molecule has 158 valence electrons. The maximum atomic E-state index is 13.2. The first-order chi connectivity index (χ1) is 14.4. The van der Waals surface area contributed by atoms with Crippen LogP contribution < -0.4 is 10.1 Å². The Balaban J connectivity index is 1.60. The van der Waals surface area contributed by atoms with Crippen LogP contribution in [0.25, 0.3) is 0 Å². The highest BCUT2D eigenvalue weighted by Crippen LogP contribution is 2.26. The molecule has 0 saturated carbocycles. The van der Waals surface area contributed by atoms with Gasteiger partial charge in [0.1, 0.15) is 18.2 Å². The molecule has 0 radical (unpaired) electrons. The lowest BCUT2D eigenvalue weighted by molar-refractivity contribution is -0.113. The number of nitrogens with zero attached hydrogens (tertiary/aromatic N) is 3. The second-order valence-electron chi connectivity index (χ2n) is 6.66. The summed E-state index contributed by atoms with van der Waals surface area (Å²) in [6, 6.07) is 9.83. The van der Waals surface area contributed by atoms with E-state index in [1.54, 1.807) is 0 Å². The van der Waals surface area contributed by atoms with E-state index in [9.17, 15) is 9.18 Å². The van der Waals surface area contributed by atoms with Gasteiger partial charge in [-0.05, 0) is 50.6 Å². The zero-order valence-corrected chi connectivity index (χ0v) is 18.5. The van der Waals surface area contributed by atoms with Gasteiger partial charge in [0.25, 0.3) is 0 Å². The average molecular weight is 449 g/mol. The van der Waals surface area contributed by atoms with E-state index >= 15 is 0 Å². The Bertz CT molecular complexity index is 1060. The van der Waals surface area contributed by atoms with Crippen molar-refractivity contribution in [3.05, 3.63) is 64.2 Å². The van der Waals surface area contributed by atoms with Crippen LogP contribution in [0.5, 0.6) is 5.75 Å². The van der Waals surface area contributed by atoms with Crippen molar-refractivity contribution in [1.29, 1.82) is 0 Å². The van der Waals surface area contributed by atoms with Gasteiger partial charge < -0.3 is 14.6 Å². The lowest BCUT2D eigenvalue weighted by Gasteiger charge is -2.11. The molecule has 0 atom stereocenters. The summed E-state index contributed by atoms with van der Waals surface area (Å²) in [6.45, 7) is 6.67. The number of carbonyl (C=O) groups is 1. The van der Waals surface area contributed by atoms with E-state index in [0.29, 0.717) is 23.3 Å². The molecular formula is C21H22ClFN4O2S. The molecule has 0 aliphatic rings. The Morgan fingerprint density at radius 1 is 1.23 bits per heavy atom. The monoisotopic (exact) mass is 448 g/mol. The summed E-state index contributed by atoms with van der Waals surface area (Å²) in [5.41, 5.74) is 2.96. The van der Waals surface area contributed by atoms with Gasteiger partial charge in [0, 0.05) is 12.2 Å². The molecule has 1 heterocycles. The zero-order valence-electron chi connectivity index (χ0n) is 16.9. The van der Waals surface area contributed by atoms with Gasteiger partial charge in [-0.25, -0.2) is 4.39 Å². The summed E-state index contributed by atoms with van der Waals surface area (Å²) in [5, 5.41) is 12.1. The van der Waals surface area contributed by atoms with Crippen LogP contribution in [0.1, 0.15) is 23.9 Å². The van der Waals surface area contributed by atoms with E-state index in [4.69, 9.17) is 16.3 Å². The molecule has 0 aliphatic carbocycles. The Labute approximate surface area is 183 Å². The number of nitrogens with one attached hydrogen (secondary N) is 1. The molecule has 1 aromatic heterocycles. The fourth-order valence-electron chi connectivity index (χ4n) is 2.86. The summed E-state index contributed by atoms with van der Waals surface area (Å²) in [4.78, 5) is 12.3. The molecule has 3 aromatic rings. The van der Waals surface area contributed by atoms with Crippen LogP contribution in [0.4, 0.5) is 10.1 Å². The van der Waals surface area contributed by atoms with Gasteiger partial charge in [0.05, 0.1) is 10.8 Å². The third-order valence-corrected chi connectivity index (χ3v) is 5.61. The SMILES string of the molecule is CCn1c(COc2ccc(F)cc2Cl)nnc1SCC(=O)Nc1ccc(C)cc1C. The molecule has 1 amide bonds. The van der Waals surface area contributed by atoms with Crippen molar-refractivity contribution in [2.75, 3.05) is 11.1 Å². The quantitative estimate of drug-likeness (QED) is 0.490. The first-order valence-electron chi connectivity index (χ1n) is 9.37. The maximum absolute atomic E-state index is 13.2. The average Bonchev–Trinajstić information content (AvgIpc) is 3.09. The van der Waals surface area contributed by atoms with E-state index in [1.807, 2.05) is 43.5 Å². The maximum Gasteiger partial charge on any atom is 0.234 e. The molecule has 6 nitrogen and oxygen atoms in total. The number of anilines is 1. The minimum atomic E-state index is -0.429. The fourth-order valence-corrected chi connectivity index (χ4v) is 3.90. The number of ether oxygens (including phenoxy) is 1. The Kier molecular flexibility index (Phi) is 7.33. The van der Waals surface area contributed by atoms with Crippen LogP contribution in [0, 0.1) is 19.7 Å². The first kappa shape index (κ1) is 22.1. The number of carbonyl (C=O) groups excluding carboxylic acids is 1. The second kappa shape index (κ2) is 9.95. The summed E-state index contributed by atoms with van der Waals surface area (Å²) >= 11 is 7.29. The van der Waals surface area contributed by atoms with Gasteiger partial charge in [-0.1, -0.05) is 41.1 Å². The fraction of sp³-hybridized carbons (Fsp3) is 0.286. The van der Waals surface area contributed by atoms with Crippen molar-refractivity contribution in [1.82, 2.24) is 14.8 Å². The molecule has 9 heteroatoms. The van der Waals surface area contributed by atoms with E-state index in [0.717, 1.165) is 16.8 Å². The minimum absolute atomic E-state index is 0.117.